The van der Waals surface area contributed by atoms with Crippen LogP contribution in [-0.2, 0) is 0 Å². The minimum absolute atomic E-state index is 0.531. The first kappa shape index (κ1) is 12.1. The lowest BCUT2D eigenvalue weighted by Gasteiger charge is -2.30. The normalized spacial score (nSPS) is 27.9. The summed E-state index contributed by atoms with van der Waals surface area (Å²) < 4.78 is 0. The first-order valence-electron chi connectivity index (χ1n) is 6.59. The zero-order valence-electron chi connectivity index (χ0n) is 10.4. The highest BCUT2D eigenvalue weighted by molar-refractivity contribution is 7.10. The van der Waals surface area contributed by atoms with Gasteiger partial charge in [0.05, 0.1) is 0 Å². The molecule has 1 heterocycles. The lowest BCUT2D eigenvalue weighted by Crippen LogP contribution is -2.34. The molecule has 1 nitrogen and oxygen atoms in total. The van der Waals surface area contributed by atoms with E-state index >= 15 is 0 Å². The average Bonchev–Trinajstić information content (AvgIpc) is 2.83. The number of nitrogens with one attached hydrogen (secondary N) is 1. The predicted molar refractivity (Wildman–Crippen MR) is 71.9 cm³/mol. The van der Waals surface area contributed by atoms with Gasteiger partial charge >= 0.3 is 0 Å². The van der Waals surface area contributed by atoms with Gasteiger partial charge in [0.15, 0.2) is 0 Å². The van der Waals surface area contributed by atoms with Crippen LogP contribution in [-0.4, -0.2) is 6.04 Å². The van der Waals surface area contributed by atoms with Crippen LogP contribution in [0.2, 0.25) is 0 Å². The zero-order chi connectivity index (χ0) is 11.4. The summed E-state index contributed by atoms with van der Waals surface area (Å²) in [4.78, 5) is 1.47. The lowest BCUT2D eigenvalue weighted by molar-refractivity contribution is 0.274. The van der Waals surface area contributed by atoms with Crippen molar-refractivity contribution in [2.75, 3.05) is 0 Å². The lowest BCUT2D eigenvalue weighted by atomic mass is 9.84. The van der Waals surface area contributed by atoms with Gasteiger partial charge in [-0.05, 0) is 50.0 Å². The maximum Gasteiger partial charge on any atom is 0.0388 e. The van der Waals surface area contributed by atoms with Crippen LogP contribution in [0.25, 0.3) is 0 Å². The van der Waals surface area contributed by atoms with Gasteiger partial charge in [0.2, 0.25) is 0 Å². The van der Waals surface area contributed by atoms with E-state index in [-0.39, 0.29) is 0 Å². The molecular formula is C14H23NS. The molecule has 2 heteroatoms. The van der Waals surface area contributed by atoms with Crippen molar-refractivity contribution in [3.05, 3.63) is 22.4 Å². The van der Waals surface area contributed by atoms with Gasteiger partial charge in [-0.2, -0.15) is 0 Å². The fourth-order valence-corrected chi connectivity index (χ4v) is 3.45. The van der Waals surface area contributed by atoms with E-state index in [0.29, 0.717) is 6.04 Å². The van der Waals surface area contributed by atoms with E-state index in [1.54, 1.807) is 0 Å². The van der Waals surface area contributed by atoms with E-state index in [2.05, 4.69) is 36.7 Å². The van der Waals surface area contributed by atoms with Crippen molar-refractivity contribution < 1.29 is 0 Å². The quantitative estimate of drug-likeness (QED) is 0.820. The number of rotatable bonds is 4. The summed E-state index contributed by atoms with van der Waals surface area (Å²) in [6.07, 6.45) is 6.95. The van der Waals surface area contributed by atoms with Crippen LogP contribution in [0.3, 0.4) is 0 Å². The second kappa shape index (κ2) is 5.83. The van der Waals surface area contributed by atoms with E-state index in [4.69, 9.17) is 0 Å². The molecule has 1 saturated carbocycles. The highest BCUT2D eigenvalue weighted by Crippen LogP contribution is 2.28. The Kier molecular flexibility index (Phi) is 4.42. The Hall–Kier alpha value is -0.340. The summed E-state index contributed by atoms with van der Waals surface area (Å²) in [5, 5.41) is 5.94. The predicted octanol–water partition coefficient (Wildman–Crippen LogP) is 4.37. The van der Waals surface area contributed by atoms with Crippen LogP contribution in [0.15, 0.2) is 17.5 Å². The molecule has 0 radical (unpaired) electrons. The maximum atomic E-state index is 3.78. The van der Waals surface area contributed by atoms with Gasteiger partial charge in [0.1, 0.15) is 0 Å². The Morgan fingerprint density at radius 3 is 2.69 bits per heavy atom. The number of hydrogen-bond acceptors (Lipinski definition) is 2. The summed E-state index contributed by atoms with van der Waals surface area (Å²) in [6.45, 7) is 4.62. The molecule has 1 aliphatic rings. The fourth-order valence-electron chi connectivity index (χ4n) is 2.71. The van der Waals surface area contributed by atoms with Crippen molar-refractivity contribution in [1.29, 1.82) is 0 Å². The van der Waals surface area contributed by atoms with Crippen molar-refractivity contribution in [2.45, 2.75) is 58.0 Å². The van der Waals surface area contributed by atoms with Gasteiger partial charge in [0.25, 0.3) is 0 Å². The smallest absolute Gasteiger partial charge is 0.0388 e. The molecular weight excluding hydrogens is 214 g/mol. The van der Waals surface area contributed by atoms with Crippen LogP contribution in [0.4, 0.5) is 0 Å². The third kappa shape index (κ3) is 3.08. The van der Waals surface area contributed by atoms with E-state index in [9.17, 15) is 0 Å². The molecule has 1 aromatic heterocycles. The largest absolute Gasteiger partial charge is 0.307 e. The molecule has 1 atom stereocenters. The topological polar surface area (TPSA) is 12.0 Å². The molecule has 0 aromatic carbocycles. The van der Waals surface area contributed by atoms with E-state index in [0.717, 1.165) is 12.0 Å². The van der Waals surface area contributed by atoms with Crippen molar-refractivity contribution in [3.8, 4) is 0 Å². The van der Waals surface area contributed by atoms with Gasteiger partial charge in [-0.25, -0.2) is 0 Å². The van der Waals surface area contributed by atoms with Crippen LogP contribution in [0, 0.1) is 5.92 Å². The monoisotopic (exact) mass is 237 g/mol. The molecule has 1 fully saturated rings. The van der Waals surface area contributed by atoms with Crippen LogP contribution < -0.4 is 5.32 Å². The Morgan fingerprint density at radius 1 is 1.38 bits per heavy atom. The fraction of sp³-hybridized carbons (Fsp3) is 0.714. The standard InChI is InChI=1S/C14H23NS/c1-3-12-6-8-13(9-7-12)15-11(2)14-5-4-10-16-14/h4-5,10-13,15H,3,6-9H2,1-2H3/t11-,12?,13?/m0/s1. The molecule has 1 aromatic rings. The van der Waals surface area contributed by atoms with Crippen molar-refractivity contribution >= 4 is 11.3 Å². The highest BCUT2D eigenvalue weighted by atomic mass is 32.1. The summed E-state index contributed by atoms with van der Waals surface area (Å²) in [7, 11) is 0. The van der Waals surface area contributed by atoms with E-state index < -0.39 is 0 Å². The Morgan fingerprint density at radius 2 is 2.12 bits per heavy atom. The molecule has 0 bridgehead atoms. The van der Waals surface area contributed by atoms with Crippen LogP contribution in [0.1, 0.15) is 56.9 Å². The van der Waals surface area contributed by atoms with Crippen LogP contribution >= 0.6 is 11.3 Å². The van der Waals surface area contributed by atoms with Gasteiger partial charge in [0, 0.05) is 17.0 Å². The van der Waals surface area contributed by atoms with Crippen molar-refractivity contribution in [3.63, 3.8) is 0 Å². The second-order valence-electron chi connectivity index (χ2n) is 5.03. The molecule has 1 N–H and O–H groups in total. The Labute approximate surface area is 103 Å². The van der Waals surface area contributed by atoms with E-state index in [1.807, 2.05) is 11.3 Å². The zero-order valence-corrected chi connectivity index (χ0v) is 11.2. The molecule has 90 valence electrons. The molecule has 0 spiro atoms. The molecule has 0 unspecified atom stereocenters. The molecule has 2 rings (SSSR count). The highest BCUT2D eigenvalue weighted by Gasteiger charge is 2.21. The molecule has 0 amide bonds. The number of thiophene rings is 1. The SMILES string of the molecule is CCC1CCC(N[C@@H](C)c2cccs2)CC1. The molecule has 16 heavy (non-hydrogen) atoms. The third-order valence-corrected chi connectivity index (χ3v) is 4.93. The molecule has 0 saturated heterocycles. The minimum Gasteiger partial charge on any atom is -0.307 e. The van der Waals surface area contributed by atoms with Crippen molar-refractivity contribution in [2.24, 2.45) is 5.92 Å². The maximum absolute atomic E-state index is 3.78. The Bertz CT molecular complexity index is 286. The van der Waals surface area contributed by atoms with Crippen molar-refractivity contribution in [1.82, 2.24) is 5.32 Å². The summed E-state index contributed by atoms with van der Waals surface area (Å²) in [5.74, 6) is 0.995. The van der Waals surface area contributed by atoms with Gasteiger partial charge < -0.3 is 5.32 Å². The minimum atomic E-state index is 0.531. The molecule has 1 aliphatic carbocycles. The first-order valence-corrected chi connectivity index (χ1v) is 7.47. The van der Waals surface area contributed by atoms with Crippen LogP contribution in [0.5, 0.6) is 0 Å². The second-order valence-corrected chi connectivity index (χ2v) is 6.01. The third-order valence-electron chi connectivity index (χ3n) is 3.88. The summed E-state index contributed by atoms with van der Waals surface area (Å²) >= 11 is 1.86. The van der Waals surface area contributed by atoms with Gasteiger partial charge in [-0.15, -0.1) is 11.3 Å². The summed E-state index contributed by atoms with van der Waals surface area (Å²) in [5.41, 5.74) is 0. The van der Waals surface area contributed by atoms with Gasteiger partial charge in [-0.3, -0.25) is 0 Å². The summed E-state index contributed by atoms with van der Waals surface area (Å²) in [6, 6.07) is 5.66. The Balaban J connectivity index is 1.78. The average molecular weight is 237 g/mol. The molecule has 0 aliphatic heterocycles. The first-order chi connectivity index (χ1) is 7.79. The van der Waals surface area contributed by atoms with E-state index in [1.165, 1.54) is 37.0 Å². The number of hydrogen-bond donors (Lipinski definition) is 1. The van der Waals surface area contributed by atoms with Gasteiger partial charge in [-0.1, -0.05) is 19.4 Å².